The van der Waals surface area contributed by atoms with Crippen LogP contribution in [0.15, 0.2) is 0 Å². The Kier molecular flexibility index (Phi) is 2.31. The first-order valence-corrected chi connectivity index (χ1v) is 4.01. The number of aliphatic carboxylic acids is 1. The number of alkyl halides is 1. The van der Waals surface area contributed by atoms with Crippen molar-refractivity contribution >= 4 is 17.8 Å². The van der Waals surface area contributed by atoms with E-state index in [1.165, 1.54) is 13.8 Å². The largest absolute Gasteiger partial charge is 0.478 e. The first-order valence-electron chi connectivity index (χ1n) is 4.01. The molecule has 1 saturated heterocycles. The average Bonchev–Trinajstić information content (AvgIpc) is 2.21. The van der Waals surface area contributed by atoms with Crippen molar-refractivity contribution in [3.63, 3.8) is 0 Å². The van der Waals surface area contributed by atoms with E-state index in [2.05, 4.69) is 0 Å². The van der Waals surface area contributed by atoms with Gasteiger partial charge in [-0.1, -0.05) is 13.8 Å². The maximum Gasteiger partial charge on any atom is 0.360 e. The lowest BCUT2D eigenvalue weighted by Crippen LogP contribution is -2.43. The van der Waals surface area contributed by atoms with Gasteiger partial charge < -0.3 is 5.11 Å². The first-order chi connectivity index (χ1) is 6.27. The quantitative estimate of drug-likeness (QED) is 0.512. The van der Waals surface area contributed by atoms with Crippen LogP contribution in [0.5, 0.6) is 0 Å². The van der Waals surface area contributed by atoms with Crippen LogP contribution in [0.3, 0.4) is 0 Å². The van der Waals surface area contributed by atoms with E-state index >= 15 is 0 Å². The summed E-state index contributed by atoms with van der Waals surface area (Å²) in [6.07, 6.45) is -2.73. The van der Waals surface area contributed by atoms with E-state index in [1.807, 2.05) is 0 Å². The van der Waals surface area contributed by atoms with Crippen LogP contribution in [0.25, 0.3) is 0 Å². The Morgan fingerprint density at radius 2 is 2.07 bits per heavy atom. The summed E-state index contributed by atoms with van der Waals surface area (Å²) in [6.45, 7) is 2.95. The van der Waals surface area contributed by atoms with E-state index in [4.69, 9.17) is 5.11 Å². The molecule has 0 aromatic heterocycles. The minimum Gasteiger partial charge on any atom is -0.478 e. The molecule has 0 aromatic rings. The van der Waals surface area contributed by atoms with Gasteiger partial charge >= 0.3 is 5.97 Å². The molecule has 1 fully saturated rings. The van der Waals surface area contributed by atoms with Gasteiger partial charge in [0.25, 0.3) is 6.30 Å². The normalized spacial score (nSPS) is 22.6. The molecule has 0 bridgehead atoms. The van der Waals surface area contributed by atoms with Crippen molar-refractivity contribution < 1.29 is 23.9 Å². The average molecular weight is 203 g/mol. The lowest BCUT2D eigenvalue weighted by Gasteiger charge is -2.18. The van der Waals surface area contributed by atoms with Gasteiger partial charge in [-0.15, -0.1) is 0 Å². The van der Waals surface area contributed by atoms with Gasteiger partial charge in [-0.25, -0.2) is 14.1 Å². The molecule has 0 aromatic carbocycles. The standard InChI is InChI=1S/C8H10FNO4/c1-8(2)3-4(11)10(7(8)14)5(9)6(12)13/h5H,3H2,1-2H3,(H,12,13). The molecule has 14 heavy (non-hydrogen) atoms. The maximum absolute atomic E-state index is 13.0. The highest BCUT2D eigenvalue weighted by Gasteiger charge is 2.49. The van der Waals surface area contributed by atoms with Crippen LogP contribution in [0, 0.1) is 5.41 Å². The zero-order valence-electron chi connectivity index (χ0n) is 7.78. The molecule has 6 heteroatoms. The molecule has 1 atom stereocenters. The van der Waals surface area contributed by atoms with Crippen molar-refractivity contribution in [2.75, 3.05) is 0 Å². The second-order valence-corrected chi connectivity index (χ2v) is 3.80. The molecule has 1 aliphatic rings. The number of halogens is 1. The van der Waals surface area contributed by atoms with E-state index < -0.39 is 29.5 Å². The number of rotatable bonds is 2. The van der Waals surface area contributed by atoms with Crippen LogP contribution >= 0.6 is 0 Å². The van der Waals surface area contributed by atoms with Gasteiger partial charge in [-0.3, -0.25) is 9.59 Å². The summed E-state index contributed by atoms with van der Waals surface area (Å²) >= 11 is 0. The highest BCUT2D eigenvalue weighted by Crippen LogP contribution is 2.33. The molecule has 0 radical (unpaired) electrons. The zero-order chi connectivity index (χ0) is 11.1. The molecule has 0 spiro atoms. The molecule has 78 valence electrons. The molecule has 0 saturated carbocycles. The molecule has 1 rings (SSSR count). The molecule has 1 heterocycles. The van der Waals surface area contributed by atoms with Gasteiger partial charge in [0.2, 0.25) is 11.8 Å². The summed E-state index contributed by atoms with van der Waals surface area (Å²) < 4.78 is 13.0. The molecule has 1 unspecified atom stereocenters. The second-order valence-electron chi connectivity index (χ2n) is 3.80. The van der Waals surface area contributed by atoms with Gasteiger partial charge in [0.05, 0.1) is 5.41 Å². The smallest absolute Gasteiger partial charge is 0.360 e. The summed E-state index contributed by atoms with van der Waals surface area (Å²) in [5, 5.41) is 8.33. The Labute approximate surface area is 79.5 Å². The fraction of sp³-hybridized carbons (Fsp3) is 0.625. The molecular weight excluding hydrogens is 193 g/mol. The van der Waals surface area contributed by atoms with E-state index in [-0.39, 0.29) is 11.3 Å². The van der Waals surface area contributed by atoms with Crippen molar-refractivity contribution in [1.29, 1.82) is 0 Å². The number of hydrogen-bond acceptors (Lipinski definition) is 3. The zero-order valence-corrected chi connectivity index (χ0v) is 7.78. The minimum absolute atomic E-state index is 0.153. The third-order valence-electron chi connectivity index (χ3n) is 2.09. The van der Waals surface area contributed by atoms with E-state index in [0.717, 1.165) is 0 Å². The van der Waals surface area contributed by atoms with E-state index in [0.29, 0.717) is 0 Å². The predicted molar refractivity (Wildman–Crippen MR) is 42.8 cm³/mol. The third-order valence-corrected chi connectivity index (χ3v) is 2.09. The minimum atomic E-state index is -2.57. The molecule has 1 aliphatic heterocycles. The summed E-state index contributed by atoms with van der Waals surface area (Å²) in [4.78, 5) is 33.0. The summed E-state index contributed by atoms with van der Waals surface area (Å²) in [7, 11) is 0. The van der Waals surface area contributed by atoms with Gasteiger partial charge in [-0.05, 0) is 0 Å². The Balaban J connectivity index is 2.97. The highest BCUT2D eigenvalue weighted by atomic mass is 19.1. The molecule has 1 N–H and O–H groups in total. The van der Waals surface area contributed by atoms with E-state index in [1.54, 1.807) is 0 Å². The van der Waals surface area contributed by atoms with Crippen molar-refractivity contribution in [1.82, 2.24) is 4.90 Å². The van der Waals surface area contributed by atoms with Crippen molar-refractivity contribution in [2.24, 2.45) is 5.41 Å². The SMILES string of the molecule is CC1(C)CC(=O)N(C(F)C(=O)O)C1=O. The Morgan fingerprint density at radius 3 is 2.36 bits per heavy atom. The Morgan fingerprint density at radius 1 is 1.57 bits per heavy atom. The topological polar surface area (TPSA) is 74.7 Å². The number of carboxylic acid groups (broad SMARTS) is 1. The summed E-state index contributed by atoms with van der Waals surface area (Å²) in [5.74, 6) is -3.39. The number of carboxylic acids is 1. The molecule has 5 nitrogen and oxygen atoms in total. The van der Waals surface area contributed by atoms with E-state index in [9.17, 15) is 18.8 Å². The van der Waals surface area contributed by atoms with Crippen molar-refractivity contribution in [3.8, 4) is 0 Å². The maximum atomic E-state index is 13.0. The van der Waals surface area contributed by atoms with Crippen LogP contribution in [0.4, 0.5) is 4.39 Å². The van der Waals surface area contributed by atoms with Gasteiger partial charge in [0, 0.05) is 6.42 Å². The Hall–Kier alpha value is -1.46. The number of carbonyl (C=O) groups is 3. The lowest BCUT2D eigenvalue weighted by molar-refractivity contribution is -0.162. The van der Waals surface area contributed by atoms with Gasteiger partial charge in [0.15, 0.2) is 0 Å². The lowest BCUT2D eigenvalue weighted by atomic mass is 9.92. The third kappa shape index (κ3) is 1.47. The number of amides is 2. The summed E-state index contributed by atoms with van der Waals surface area (Å²) in [6, 6.07) is 0. The summed E-state index contributed by atoms with van der Waals surface area (Å²) in [5.41, 5.74) is -1.00. The number of carbonyl (C=O) groups excluding carboxylic acids is 2. The van der Waals surface area contributed by atoms with Gasteiger partial charge in [-0.2, -0.15) is 0 Å². The number of imide groups is 1. The fourth-order valence-electron chi connectivity index (χ4n) is 1.32. The van der Waals surface area contributed by atoms with Crippen LogP contribution in [0.2, 0.25) is 0 Å². The number of likely N-dealkylation sites (tertiary alicyclic amines) is 1. The molecule has 2 amide bonds. The number of nitrogens with zero attached hydrogens (tertiary/aromatic N) is 1. The molecular formula is C8H10FNO4. The fourth-order valence-corrected chi connectivity index (χ4v) is 1.32. The van der Waals surface area contributed by atoms with Crippen molar-refractivity contribution in [3.05, 3.63) is 0 Å². The van der Waals surface area contributed by atoms with Crippen molar-refractivity contribution in [2.45, 2.75) is 26.6 Å². The predicted octanol–water partition coefficient (Wildman–Crippen LogP) is 0.152. The number of hydrogen-bond donors (Lipinski definition) is 1. The second kappa shape index (κ2) is 3.04. The van der Waals surface area contributed by atoms with Crippen LogP contribution in [0.1, 0.15) is 20.3 Å². The molecule has 0 aliphatic carbocycles. The van der Waals surface area contributed by atoms with Gasteiger partial charge in [0.1, 0.15) is 0 Å². The highest BCUT2D eigenvalue weighted by molar-refractivity contribution is 6.07. The van der Waals surface area contributed by atoms with Crippen LogP contribution in [-0.4, -0.2) is 34.1 Å². The van der Waals surface area contributed by atoms with Crippen LogP contribution < -0.4 is 0 Å². The van der Waals surface area contributed by atoms with Crippen LogP contribution in [-0.2, 0) is 14.4 Å². The first kappa shape index (κ1) is 10.6. The Bertz CT molecular complexity index is 312. The monoisotopic (exact) mass is 203 g/mol.